The van der Waals surface area contributed by atoms with Gasteiger partial charge in [0.05, 0.1) is 0 Å². The van der Waals surface area contributed by atoms with Crippen molar-refractivity contribution in [1.29, 1.82) is 0 Å². The molecule has 0 saturated heterocycles. The van der Waals surface area contributed by atoms with Crippen LogP contribution in [0.4, 0.5) is 0 Å². The number of rotatable bonds is 7. The summed E-state index contributed by atoms with van der Waals surface area (Å²) in [7, 11) is 1.84. The van der Waals surface area contributed by atoms with Gasteiger partial charge in [-0.05, 0) is 43.0 Å². The van der Waals surface area contributed by atoms with E-state index in [1.165, 1.54) is 0 Å². The fraction of sp³-hybridized carbons (Fsp3) is 0.533. The minimum Gasteiger partial charge on any atom is -0.341 e. The van der Waals surface area contributed by atoms with Gasteiger partial charge in [0.1, 0.15) is 0 Å². The number of nitrogens with two attached hydrogens (primary N) is 1. The van der Waals surface area contributed by atoms with Gasteiger partial charge in [-0.3, -0.25) is 4.79 Å². The highest BCUT2D eigenvalue weighted by Crippen LogP contribution is 2.13. The maximum atomic E-state index is 12.0. The third kappa shape index (κ3) is 6.08. The fourth-order valence-corrected chi connectivity index (χ4v) is 2.07. The van der Waals surface area contributed by atoms with Crippen molar-refractivity contribution in [2.45, 2.75) is 32.7 Å². The van der Waals surface area contributed by atoms with Crippen molar-refractivity contribution in [3.63, 3.8) is 0 Å². The van der Waals surface area contributed by atoms with Crippen LogP contribution in [0.3, 0.4) is 0 Å². The number of benzene rings is 1. The molecule has 106 valence electrons. The summed E-state index contributed by atoms with van der Waals surface area (Å²) in [5, 5.41) is 0.716. The second-order valence-electron chi connectivity index (χ2n) is 5.10. The Balaban J connectivity index is 2.38. The smallest absolute Gasteiger partial charge is 0.222 e. The van der Waals surface area contributed by atoms with Crippen molar-refractivity contribution in [3.05, 3.63) is 34.9 Å². The van der Waals surface area contributed by atoms with E-state index in [0.29, 0.717) is 30.5 Å². The number of halogens is 1. The molecule has 0 aliphatic heterocycles. The molecule has 0 radical (unpaired) electrons. The normalized spacial score (nSPS) is 12.2. The summed E-state index contributed by atoms with van der Waals surface area (Å²) >= 11 is 5.83. The van der Waals surface area contributed by atoms with E-state index >= 15 is 0 Å². The largest absolute Gasteiger partial charge is 0.341 e. The molecule has 0 heterocycles. The SMILES string of the molecule is CC(CCN)CCC(=O)N(C)Cc1ccc(Cl)cc1. The zero-order chi connectivity index (χ0) is 14.3. The second kappa shape index (κ2) is 8.18. The Bertz CT molecular complexity index is 392. The minimum absolute atomic E-state index is 0.179. The van der Waals surface area contributed by atoms with Gasteiger partial charge >= 0.3 is 0 Å². The predicted molar refractivity (Wildman–Crippen MR) is 80.0 cm³/mol. The molecule has 0 spiro atoms. The highest BCUT2D eigenvalue weighted by molar-refractivity contribution is 6.30. The first-order chi connectivity index (χ1) is 9.02. The van der Waals surface area contributed by atoms with Crippen LogP contribution < -0.4 is 5.73 Å². The first-order valence-corrected chi connectivity index (χ1v) is 7.09. The number of amides is 1. The van der Waals surface area contributed by atoms with Crippen LogP contribution in [0, 0.1) is 5.92 Å². The van der Waals surface area contributed by atoms with E-state index in [1.54, 1.807) is 4.90 Å². The Morgan fingerprint density at radius 3 is 2.53 bits per heavy atom. The molecule has 1 amide bonds. The molecule has 1 aromatic carbocycles. The lowest BCUT2D eigenvalue weighted by Crippen LogP contribution is -2.26. The third-order valence-corrected chi connectivity index (χ3v) is 3.52. The Kier molecular flexibility index (Phi) is 6.89. The van der Waals surface area contributed by atoms with Crippen LogP contribution in [0.15, 0.2) is 24.3 Å². The molecular formula is C15H23ClN2O. The van der Waals surface area contributed by atoms with E-state index in [1.807, 2.05) is 31.3 Å². The topological polar surface area (TPSA) is 46.3 Å². The van der Waals surface area contributed by atoms with E-state index in [2.05, 4.69) is 6.92 Å². The van der Waals surface area contributed by atoms with Crippen LogP contribution >= 0.6 is 11.6 Å². The number of carbonyl (C=O) groups is 1. The maximum Gasteiger partial charge on any atom is 0.222 e. The molecule has 1 unspecified atom stereocenters. The fourth-order valence-electron chi connectivity index (χ4n) is 1.94. The molecule has 2 N–H and O–H groups in total. The molecule has 1 atom stereocenters. The predicted octanol–water partition coefficient (Wildman–Crippen LogP) is 3.06. The molecule has 4 heteroatoms. The highest BCUT2D eigenvalue weighted by Gasteiger charge is 2.11. The Labute approximate surface area is 120 Å². The molecule has 3 nitrogen and oxygen atoms in total. The lowest BCUT2D eigenvalue weighted by molar-refractivity contribution is -0.130. The summed E-state index contributed by atoms with van der Waals surface area (Å²) in [5.74, 6) is 0.691. The lowest BCUT2D eigenvalue weighted by Gasteiger charge is -2.18. The standard InChI is InChI=1S/C15H23ClN2O/c1-12(9-10-17)3-8-15(19)18(2)11-13-4-6-14(16)7-5-13/h4-7,12H,3,8-11,17H2,1-2H3. The van der Waals surface area contributed by atoms with Crippen LogP contribution in [0.2, 0.25) is 5.02 Å². The zero-order valence-corrected chi connectivity index (χ0v) is 12.5. The van der Waals surface area contributed by atoms with Gasteiger partial charge in [0.25, 0.3) is 0 Å². The van der Waals surface area contributed by atoms with E-state index in [9.17, 15) is 4.79 Å². The molecule has 19 heavy (non-hydrogen) atoms. The zero-order valence-electron chi connectivity index (χ0n) is 11.7. The van der Waals surface area contributed by atoms with Gasteiger partial charge in [-0.15, -0.1) is 0 Å². The first-order valence-electron chi connectivity index (χ1n) is 6.71. The molecule has 0 aromatic heterocycles. The maximum absolute atomic E-state index is 12.0. The van der Waals surface area contributed by atoms with Crippen LogP contribution in [0.5, 0.6) is 0 Å². The van der Waals surface area contributed by atoms with Gasteiger partial charge in [0, 0.05) is 25.0 Å². The van der Waals surface area contributed by atoms with Crippen molar-refractivity contribution in [3.8, 4) is 0 Å². The number of nitrogens with zero attached hydrogens (tertiary/aromatic N) is 1. The van der Waals surface area contributed by atoms with E-state index in [-0.39, 0.29) is 5.91 Å². The van der Waals surface area contributed by atoms with Gasteiger partial charge in [-0.25, -0.2) is 0 Å². The molecule has 1 rings (SSSR count). The summed E-state index contributed by atoms with van der Waals surface area (Å²) in [4.78, 5) is 13.8. The average molecular weight is 283 g/mol. The van der Waals surface area contributed by atoms with Gasteiger partial charge < -0.3 is 10.6 Å². The van der Waals surface area contributed by atoms with E-state index < -0.39 is 0 Å². The van der Waals surface area contributed by atoms with Gasteiger partial charge in [0.2, 0.25) is 5.91 Å². The van der Waals surface area contributed by atoms with E-state index in [4.69, 9.17) is 17.3 Å². The summed E-state index contributed by atoms with van der Waals surface area (Å²) in [6.07, 6.45) is 2.47. The summed E-state index contributed by atoms with van der Waals surface area (Å²) in [6.45, 7) is 3.45. The molecule has 0 saturated carbocycles. The van der Waals surface area contributed by atoms with Gasteiger partial charge in [0.15, 0.2) is 0 Å². The minimum atomic E-state index is 0.179. The van der Waals surface area contributed by atoms with Crippen molar-refractivity contribution in [1.82, 2.24) is 4.90 Å². The van der Waals surface area contributed by atoms with Crippen molar-refractivity contribution < 1.29 is 4.79 Å². The molecular weight excluding hydrogens is 260 g/mol. The number of carbonyl (C=O) groups excluding carboxylic acids is 1. The van der Waals surface area contributed by atoms with Crippen LogP contribution in [-0.4, -0.2) is 24.4 Å². The van der Waals surface area contributed by atoms with Crippen LogP contribution in [-0.2, 0) is 11.3 Å². The molecule has 0 aliphatic rings. The molecule has 0 bridgehead atoms. The molecule has 0 fully saturated rings. The van der Waals surface area contributed by atoms with Crippen molar-refractivity contribution in [2.24, 2.45) is 11.7 Å². The highest BCUT2D eigenvalue weighted by atomic mass is 35.5. The van der Waals surface area contributed by atoms with Gasteiger partial charge in [-0.1, -0.05) is 30.7 Å². The van der Waals surface area contributed by atoms with Crippen molar-refractivity contribution >= 4 is 17.5 Å². The lowest BCUT2D eigenvalue weighted by atomic mass is 10.0. The third-order valence-electron chi connectivity index (χ3n) is 3.27. The monoisotopic (exact) mass is 282 g/mol. The van der Waals surface area contributed by atoms with Crippen LogP contribution in [0.25, 0.3) is 0 Å². The Hall–Kier alpha value is -1.06. The van der Waals surface area contributed by atoms with Crippen molar-refractivity contribution in [2.75, 3.05) is 13.6 Å². The number of hydrogen-bond donors (Lipinski definition) is 1. The molecule has 0 aliphatic carbocycles. The Morgan fingerprint density at radius 1 is 1.32 bits per heavy atom. The van der Waals surface area contributed by atoms with E-state index in [0.717, 1.165) is 18.4 Å². The average Bonchev–Trinajstić information content (AvgIpc) is 2.39. The van der Waals surface area contributed by atoms with Gasteiger partial charge in [-0.2, -0.15) is 0 Å². The summed E-state index contributed by atoms with van der Waals surface area (Å²) < 4.78 is 0. The molecule has 1 aromatic rings. The summed E-state index contributed by atoms with van der Waals surface area (Å²) in [6, 6.07) is 7.59. The Morgan fingerprint density at radius 2 is 1.95 bits per heavy atom. The second-order valence-corrected chi connectivity index (χ2v) is 5.53. The number of hydrogen-bond acceptors (Lipinski definition) is 2. The quantitative estimate of drug-likeness (QED) is 0.835. The summed E-state index contributed by atoms with van der Waals surface area (Å²) in [5.41, 5.74) is 6.60. The first kappa shape index (κ1) is 16.0. The van der Waals surface area contributed by atoms with Crippen LogP contribution in [0.1, 0.15) is 31.7 Å².